The predicted molar refractivity (Wildman–Crippen MR) is 105 cm³/mol. The van der Waals surface area contributed by atoms with E-state index in [-0.39, 0.29) is 18.2 Å². The van der Waals surface area contributed by atoms with Crippen LogP contribution in [0.1, 0.15) is 35.4 Å². The molecule has 3 rings (SSSR count). The van der Waals surface area contributed by atoms with E-state index >= 15 is 0 Å². The number of benzene rings is 2. The topological polar surface area (TPSA) is 97.1 Å². The van der Waals surface area contributed by atoms with E-state index in [1.807, 2.05) is 61.5 Å². The van der Waals surface area contributed by atoms with E-state index in [1.165, 1.54) is 0 Å². The van der Waals surface area contributed by atoms with Gasteiger partial charge in [-0.1, -0.05) is 48.0 Å². The second-order valence-electron chi connectivity index (χ2n) is 6.48. The maximum Gasteiger partial charge on any atom is 0.303 e. The molecule has 1 amide bonds. The summed E-state index contributed by atoms with van der Waals surface area (Å²) in [5.74, 6) is -0.547. The van der Waals surface area contributed by atoms with Crippen molar-refractivity contribution in [1.82, 2.24) is 20.1 Å². The van der Waals surface area contributed by atoms with Crippen molar-refractivity contribution in [2.24, 2.45) is 0 Å². The van der Waals surface area contributed by atoms with Gasteiger partial charge >= 0.3 is 5.97 Å². The third-order valence-electron chi connectivity index (χ3n) is 4.22. The van der Waals surface area contributed by atoms with E-state index in [0.29, 0.717) is 25.2 Å². The number of unbranched alkanes of at least 4 members (excludes halogenated alkanes) is 1. The van der Waals surface area contributed by atoms with Gasteiger partial charge in [0.05, 0.1) is 5.69 Å². The minimum atomic E-state index is -0.836. The monoisotopic (exact) mass is 378 g/mol. The summed E-state index contributed by atoms with van der Waals surface area (Å²) in [6, 6.07) is 17.4. The molecule has 0 fully saturated rings. The highest BCUT2D eigenvalue weighted by molar-refractivity contribution is 5.91. The van der Waals surface area contributed by atoms with E-state index < -0.39 is 5.97 Å². The number of hydrogen-bond acceptors (Lipinski definition) is 4. The summed E-state index contributed by atoms with van der Waals surface area (Å²) in [7, 11) is 0. The highest BCUT2D eigenvalue weighted by Gasteiger charge is 2.18. The Morgan fingerprint density at radius 1 is 1.04 bits per heavy atom. The molecule has 1 heterocycles. The number of amides is 1. The molecule has 0 aliphatic carbocycles. The highest BCUT2D eigenvalue weighted by Crippen LogP contribution is 2.21. The van der Waals surface area contributed by atoms with Gasteiger partial charge in [-0.05, 0) is 31.9 Å². The first-order chi connectivity index (χ1) is 13.5. The van der Waals surface area contributed by atoms with Crippen molar-refractivity contribution < 1.29 is 14.7 Å². The number of aliphatic carboxylic acids is 1. The number of rotatable bonds is 8. The number of hydrogen-bond donors (Lipinski definition) is 2. The number of aromatic nitrogens is 3. The number of carbonyl (C=O) groups excluding carboxylic acids is 1. The van der Waals surface area contributed by atoms with E-state index in [9.17, 15) is 9.59 Å². The Morgan fingerprint density at radius 2 is 1.75 bits per heavy atom. The third-order valence-corrected chi connectivity index (χ3v) is 4.22. The largest absolute Gasteiger partial charge is 0.481 e. The fourth-order valence-electron chi connectivity index (χ4n) is 2.73. The molecule has 0 saturated carbocycles. The molecule has 0 bridgehead atoms. The van der Waals surface area contributed by atoms with Gasteiger partial charge in [-0.2, -0.15) is 0 Å². The van der Waals surface area contributed by atoms with E-state index in [1.54, 1.807) is 4.68 Å². The zero-order chi connectivity index (χ0) is 19.9. The minimum Gasteiger partial charge on any atom is -0.481 e. The smallest absolute Gasteiger partial charge is 0.303 e. The van der Waals surface area contributed by atoms with Gasteiger partial charge in [-0.25, -0.2) is 9.67 Å². The molecule has 0 radical (unpaired) electrons. The van der Waals surface area contributed by atoms with Crippen LogP contribution < -0.4 is 5.32 Å². The molecular formula is C21H22N4O3. The second kappa shape index (κ2) is 8.94. The van der Waals surface area contributed by atoms with Crippen LogP contribution in [-0.2, 0) is 4.79 Å². The van der Waals surface area contributed by atoms with Crippen LogP contribution >= 0.6 is 0 Å². The Kier molecular flexibility index (Phi) is 6.16. The van der Waals surface area contributed by atoms with Crippen LogP contribution in [0.15, 0.2) is 54.6 Å². The lowest BCUT2D eigenvalue weighted by molar-refractivity contribution is -0.137. The van der Waals surface area contributed by atoms with Gasteiger partial charge in [0, 0.05) is 18.5 Å². The Bertz CT molecular complexity index is 950. The standard InChI is InChI=1S/C21H22N4O3/c1-15-10-12-17(13-11-15)25-20(16-7-3-2-4-8-16)23-19(24-25)21(28)22-14-6-5-9-18(26)27/h2-4,7-8,10-13H,5-6,9,14H2,1H3,(H,22,28)(H,26,27). The number of nitrogens with zero attached hydrogens (tertiary/aromatic N) is 3. The SMILES string of the molecule is Cc1ccc(-n2nc(C(=O)NCCCCC(=O)O)nc2-c2ccccc2)cc1. The van der Waals surface area contributed by atoms with Gasteiger partial charge in [0.25, 0.3) is 5.91 Å². The summed E-state index contributed by atoms with van der Waals surface area (Å²) in [5, 5.41) is 15.8. The molecule has 0 aliphatic rings. The molecule has 0 atom stereocenters. The Morgan fingerprint density at radius 3 is 2.43 bits per heavy atom. The van der Waals surface area contributed by atoms with Crippen LogP contribution in [0.5, 0.6) is 0 Å². The lowest BCUT2D eigenvalue weighted by Crippen LogP contribution is -2.25. The first-order valence-corrected chi connectivity index (χ1v) is 9.14. The molecule has 3 aromatic rings. The van der Waals surface area contributed by atoms with Crippen molar-refractivity contribution in [3.05, 3.63) is 66.0 Å². The first kappa shape index (κ1) is 19.3. The van der Waals surface area contributed by atoms with Crippen molar-refractivity contribution in [2.75, 3.05) is 6.54 Å². The number of nitrogens with one attached hydrogen (secondary N) is 1. The molecule has 28 heavy (non-hydrogen) atoms. The lowest BCUT2D eigenvalue weighted by atomic mass is 10.2. The molecule has 1 aromatic heterocycles. The van der Waals surface area contributed by atoms with E-state index in [2.05, 4.69) is 15.4 Å². The van der Waals surface area contributed by atoms with Gasteiger partial charge in [0.2, 0.25) is 5.82 Å². The third kappa shape index (κ3) is 4.82. The molecule has 7 nitrogen and oxygen atoms in total. The van der Waals surface area contributed by atoms with Gasteiger partial charge in [-0.15, -0.1) is 5.10 Å². The van der Waals surface area contributed by atoms with Crippen LogP contribution in [0, 0.1) is 6.92 Å². The zero-order valence-corrected chi connectivity index (χ0v) is 15.6. The Balaban J connectivity index is 1.82. The average molecular weight is 378 g/mol. The van der Waals surface area contributed by atoms with Crippen LogP contribution in [0.25, 0.3) is 17.1 Å². The summed E-state index contributed by atoms with van der Waals surface area (Å²) >= 11 is 0. The summed E-state index contributed by atoms with van der Waals surface area (Å²) < 4.78 is 1.66. The maximum atomic E-state index is 12.5. The second-order valence-corrected chi connectivity index (χ2v) is 6.48. The van der Waals surface area contributed by atoms with Crippen LogP contribution in [0.3, 0.4) is 0 Å². The number of carboxylic acid groups (broad SMARTS) is 1. The van der Waals surface area contributed by atoms with Gasteiger partial charge in [0.15, 0.2) is 5.82 Å². The normalized spacial score (nSPS) is 10.6. The predicted octanol–water partition coefficient (Wildman–Crippen LogP) is 3.23. The molecule has 7 heteroatoms. The quantitative estimate of drug-likeness (QED) is 0.587. The highest BCUT2D eigenvalue weighted by atomic mass is 16.4. The Hall–Kier alpha value is -3.48. The Labute approximate surface area is 163 Å². The number of carbonyl (C=O) groups is 2. The van der Waals surface area contributed by atoms with Crippen LogP contribution in [-0.4, -0.2) is 38.3 Å². The first-order valence-electron chi connectivity index (χ1n) is 9.14. The van der Waals surface area contributed by atoms with E-state index in [4.69, 9.17) is 5.11 Å². The zero-order valence-electron chi connectivity index (χ0n) is 15.6. The fraction of sp³-hybridized carbons (Fsp3) is 0.238. The van der Waals surface area contributed by atoms with Crippen molar-refractivity contribution in [3.8, 4) is 17.1 Å². The average Bonchev–Trinajstić information content (AvgIpc) is 3.14. The van der Waals surface area contributed by atoms with Crippen LogP contribution in [0.4, 0.5) is 0 Å². The molecule has 2 N–H and O–H groups in total. The van der Waals surface area contributed by atoms with Gasteiger partial charge in [-0.3, -0.25) is 9.59 Å². The number of aryl methyl sites for hydroxylation is 1. The van der Waals surface area contributed by atoms with Gasteiger partial charge < -0.3 is 10.4 Å². The summed E-state index contributed by atoms with van der Waals surface area (Å²) in [5.41, 5.74) is 2.80. The molecule has 0 saturated heterocycles. The maximum absolute atomic E-state index is 12.5. The van der Waals surface area contributed by atoms with Crippen molar-refractivity contribution >= 4 is 11.9 Å². The summed E-state index contributed by atoms with van der Waals surface area (Å²) in [6.45, 7) is 2.39. The van der Waals surface area contributed by atoms with E-state index in [0.717, 1.165) is 16.8 Å². The molecule has 2 aromatic carbocycles. The van der Waals surface area contributed by atoms with Crippen molar-refractivity contribution in [3.63, 3.8) is 0 Å². The minimum absolute atomic E-state index is 0.0812. The fourth-order valence-corrected chi connectivity index (χ4v) is 2.73. The van der Waals surface area contributed by atoms with Crippen molar-refractivity contribution in [1.29, 1.82) is 0 Å². The number of carboxylic acids is 1. The summed E-state index contributed by atoms with van der Waals surface area (Å²) in [6.07, 6.45) is 1.19. The van der Waals surface area contributed by atoms with Crippen LogP contribution in [0.2, 0.25) is 0 Å². The summed E-state index contributed by atoms with van der Waals surface area (Å²) in [4.78, 5) is 27.4. The molecule has 0 aliphatic heterocycles. The molecule has 0 spiro atoms. The molecule has 0 unspecified atom stereocenters. The lowest BCUT2D eigenvalue weighted by Gasteiger charge is -2.06. The van der Waals surface area contributed by atoms with Crippen molar-refractivity contribution in [2.45, 2.75) is 26.2 Å². The molecular weight excluding hydrogens is 356 g/mol. The van der Waals surface area contributed by atoms with Gasteiger partial charge in [0.1, 0.15) is 0 Å². The molecule has 144 valence electrons.